The lowest BCUT2D eigenvalue weighted by atomic mass is 9.80. The highest BCUT2D eigenvalue weighted by atomic mass is 19.1. The number of benzene rings is 2. The molecule has 0 aliphatic heterocycles. The number of hydrogen-bond acceptors (Lipinski definition) is 3. The van der Waals surface area contributed by atoms with E-state index in [1.165, 1.54) is 12.1 Å². The molecule has 0 aromatic heterocycles. The molecular weight excluding hydrogens is 258 g/mol. The maximum atomic E-state index is 13.6. The zero-order valence-corrected chi connectivity index (χ0v) is 11.4. The van der Waals surface area contributed by atoms with Gasteiger partial charge in [0.1, 0.15) is 6.61 Å². The molecule has 2 rings (SSSR count). The molecule has 5 heteroatoms. The number of halogens is 1. The third-order valence-corrected chi connectivity index (χ3v) is 3.14. The molecule has 20 heavy (non-hydrogen) atoms. The number of aryl methyl sites for hydroxylation is 2. The van der Waals surface area contributed by atoms with E-state index in [-0.39, 0.29) is 17.8 Å². The van der Waals surface area contributed by atoms with Crippen molar-refractivity contribution in [2.45, 2.75) is 20.5 Å². The van der Waals surface area contributed by atoms with Crippen LogP contribution in [-0.4, -0.2) is 17.2 Å². The fourth-order valence-corrected chi connectivity index (χ4v) is 1.90. The summed E-state index contributed by atoms with van der Waals surface area (Å²) >= 11 is 0. The zero-order chi connectivity index (χ0) is 14.7. The molecule has 2 aromatic carbocycles. The molecule has 104 valence electrons. The average molecular weight is 274 g/mol. The predicted octanol–water partition coefficient (Wildman–Crippen LogP) is 1.70. The van der Waals surface area contributed by atoms with Crippen LogP contribution in [0.2, 0.25) is 0 Å². The third-order valence-electron chi connectivity index (χ3n) is 3.14. The van der Waals surface area contributed by atoms with Gasteiger partial charge in [-0.15, -0.1) is 0 Å². The SMILES string of the molecule is Cc1ccc(C)c(COc2cc(B(O)O)ccc2F)c1. The van der Waals surface area contributed by atoms with Gasteiger partial charge in [-0.3, -0.25) is 0 Å². The molecule has 3 nitrogen and oxygen atoms in total. The molecular formula is C15H16BFO3. The van der Waals surface area contributed by atoms with Gasteiger partial charge in [-0.25, -0.2) is 4.39 Å². The second-order valence-electron chi connectivity index (χ2n) is 4.78. The van der Waals surface area contributed by atoms with Gasteiger partial charge in [0.05, 0.1) is 0 Å². The summed E-state index contributed by atoms with van der Waals surface area (Å²) in [5, 5.41) is 18.2. The largest absolute Gasteiger partial charge is 0.488 e. The minimum absolute atomic E-state index is 0.0107. The van der Waals surface area contributed by atoms with Crippen LogP contribution in [0.1, 0.15) is 16.7 Å². The molecule has 2 N–H and O–H groups in total. The number of hydrogen-bond donors (Lipinski definition) is 2. The van der Waals surface area contributed by atoms with Crippen molar-refractivity contribution in [1.82, 2.24) is 0 Å². The molecule has 0 bridgehead atoms. The number of ether oxygens (including phenoxy) is 1. The van der Waals surface area contributed by atoms with Gasteiger partial charge in [0.15, 0.2) is 11.6 Å². The fraction of sp³-hybridized carbons (Fsp3) is 0.200. The van der Waals surface area contributed by atoms with Crippen molar-refractivity contribution in [2.24, 2.45) is 0 Å². The molecule has 0 heterocycles. The van der Waals surface area contributed by atoms with Gasteiger partial charge >= 0.3 is 7.12 Å². The summed E-state index contributed by atoms with van der Waals surface area (Å²) in [7, 11) is -1.64. The van der Waals surface area contributed by atoms with Crippen LogP contribution in [0.25, 0.3) is 0 Å². The molecule has 2 aromatic rings. The smallest absolute Gasteiger partial charge is 0.486 e. The number of rotatable bonds is 4. The predicted molar refractivity (Wildman–Crippen MR) is 76.5 cm³/mol. The molecule has 0 fully saturated rings. The van der Waals surface area contributed by atoms with E-state index < -0.39 is 12.9 Å². The minimum Gasteiger partial charge on any atom is -0.486 e. The van der Waals surface area contributed by atoms with E-state index in [4.69, 9.17) is 14.8 Å². The molecule has 0 spiro atoms. The Labute approximate surface area is 117 Å². The quantitative estimate of drug-likeness (QED) is 0.834. The molecule has 0 aliphatic rings. The monoisotopic (exact) mass is 274 g/mol. The first kappa shape index (κ1) is 14.6. The summed E-state index contributed by atoms with van der Waals surface area (Å²) in [6.07, 6.45) is 0. The highest BCUT2D eigenvalue weighted by Crippen LogP contribution is 2.18. The summed E-state index contributed by atoms with van der Waals surface area (Å²) in [5.41, 5.74) is 3.34. The Hall–Kier alpha value is -1.85. The Morgan fingerprint density at radius 2 is 1.85 bits per heavy atom. The van der Waals surface area contributed by atoms with E-state index >= 15 is 0 Å². The first-order chi connectivity index (χ1) is 9.47. The highest BCUT2D eigenvalue weighted by molar-refractivity contribution is 6.58. The van der Waals surface area contributed by atoms with Crippen LogP contribution in [0.5, 0.6) is 5.75 Å². The Kier molecular flexibility index (Phi) is 4.42. The molecule has 0 unspecified atom stereocenters. The second-order valence-corrected chi connectivity index (χ2v) is 4.78. The maximum absolute atomic E-state index is 13.6. The van der Waals surface area contributed by atoms with E-state index in [2.05, 4.69) is 0 Å². The van der Waals surface area contributed by atoms with Crippen LogP contribution in [0.3, 0.4) is 0 Å². The molecule has 0 radical (unpaired) electrons. The van der Waals surface area contributed by atoms with Gasteiger partial charge < -0.3 is 14.8 Å². The first-order valence-corrected chi connectivity index (χ1v) is 6.32. The van der Waals surface area contributed by atoms with Crippen molar-refractivity contribution in [1.29, 1.82) is 0 Å². The first-order valence-electron chi connectivity index (χ1n) is 6.32. The van der Waals surface area contributed by atoms with Crippen molar-refractivity contribution in [3.05, 3.63) is 58.9 Å². The van der Waals surface area contributed by atoms with Crippen molar-refractivity contribution in [3.8, 4) is 5.75 Å². The van der Waals surface area contributed by atoms with Gasteiger partial charge in [-0.05, 0) is 42.6 Å². The Balaban J connectivity index is 2.18. The third kappa shape index (κ3) is 3.38. The van der Waals surface area contributed by atoms with Crippen molar-refractivity contribution < 1.29 is 19.2 Å². The normalized spacial score (nSPS) is 10.4. The fourth-order valence-electron chi connectivity index (χ4n) is 1.90. The van der Waals surface area contributed by atoms with E-state index in [0.717, 1.165) is 22.8 Å². The van der Waals surface area contributed by atoms with Gasteiger partial charge in [0.2, 0.25) is 0 Å². The Bertz CT molecular complexity index is 614. The molecule has 0 atom stereocenters. The van der Waals surface area contributed by atoms with Crippen LogP contribution in [-0.2, 0) is 6.61 Å². The summed E-state index contributed by atoms with van der Waals surface area (Å²) in [5.74, 6) is -0.517. The van der Waals surface area contributed by atoms with E-state index in [1.54, 1.807) is 0 Å². The lowest BCUT2D eigenvalue weighted by Crippen LogP contribution is -2.29. The summed E-state index contributed by atoms with van der Waals surface area (Å²) < 4.78 is 19.1. The highest BCUT2D eigenvalue weighted by Gasteiger charge is 2.14. The molecule has 0 saturated carbocycles. The summed E-state index contributed by atoms with van der Waals surface area (Å²) in [4.78, 5) is 0. The van der Waals surface area contributed by atoms with Crippen LogP contribution >= 0.6 is 0 Å². The maximum Gasteiger partial charge on any atom is 0.488 e. The van der Waals surface area contributed by atoms with Crippen LogP contribution < -0.4 is 10.2 Å². The van der Waals surface area contributed by atoms with Crippen molar-refractivity contribution in [2.75, 3.05) is 0 Å². The van der Waals surface area contributed by atoms with Gasteiger partial charge in [-0.1, -0.05) is 29.8 Å². The summed E-state index contributed by atoms with van der Waals surface area (Å²) in [6, 6.07) is 9.74. The van der Waals surface area contributed by atoms with Gasteiger partial charge in [0, 0.05) is 0 Å². The van der Waals surface area contributed by atoms with E-state index in [9.17, 15) is 4.39 Å². The van der Waals surface area contributed by atoms with Crippen LogP contribution in [0.15, 0.2) is 36.4 Å². The van der Waals surface area contributed by atoms with Crippen LogP contribution in [0.4, 0.5) is 4.39 Å². The zero-order valence-electron chi connectivity index (χ0n) is 11.4. The standard InChI is InChI=1S/C15H16BFO3/c1-10-3-4-11(2)12(7-10)9-20-15-8-13(16(18)19)5-6-14(15)17/h3-8,18-19H,9H2,1-2H3. The minimum atomic E-state index is -1.64. The Morgan fingerprint density at radius 1 is 1.10 bits per heavy atom. The lowest BCUT2D eigenvalue weighted by molar-refractivity contribution is 0.289. The lowest BCUT2D eigenvalue weighted by Gasteiger charge is -2.11. The van der Waals surface area contributed by atoms with Gasteiger partial charge in [-0.2, -0.15) is 0 Å². The van der Waals surface area contributed by atoms with Crippen molar-refractivity contribution in [3.63, 3.8) is 0 Å². The van der Waals surface area contributed by atoms with Crippen molar-refractivity contribution >= 4 is 12.6 Å². The van der Waals surface area contributed by atoms with Crippen LogP contribution in [0, 0.1) is 19.7 Å². The molecule has 0 saturated heterocycles. The average Bonchev–Trinajstić information content (AvgIpc) is 2.41. The topological polar surface area (TPSA) is 49.7 Å². The molecule has 0 amide bonds. The van der Waals surface area contributed by atoms with E-state index in [1.807, 2.05) is 32.0 Å². The second kappa shape index (κ2) is 6.07. The Morgan fingerprint density at radius 3 is 2.55 bits per heavy atom. The molecule has 0 aliphatic carbocycles. The summed E-state index contributed by atoms with van der Waals surface area (Å²) in [6.45, 7) is 4.17. The van der Waals surface area contributed by atoms with E-state index in [0.29, 0.717) is 0 Å². The van der Waals surface area contributed by atoms with Gasteiger partial charge in [0.25, 0.3) is 0 Å².